The van der Waals surface area contributed by atoms with E-state index in [0.29, 0.717) is 30.8 Å². The van der Waals surface area contributed by atoms with Crippen molar-refractivity contribution in [1.82, 2.24) is 5.32 Å². The Morgan fingerprint density at radius 1 is 1.04 bits per heavy atom. The second kappa shape index (κ2) is 7.50. The van der Waals surface area contributed by atoms with E-state index in [4.69, 9.17) is 11.6 Å². The van der Waals surface area contributed by atoms with Gasteiger partial charge in [0.1, 0.15) is 5.41 Å². The molecule has 3 rings (SSSR count). The Kier molecular flexibility index (Phi) is 5.33. The minimum atomic E-state index is -0.923. The lowest BCUT2D eigenvalue weighted by molar-refractivity contribution is -0.134. The largest absolute Gasteiger partial charge is 0.355 e. The fraction of sp³-hybridized carbons (Fsp3) is 0.333. The number of nitrogens with one attached hydrogen (secondary N) is 2. The molecule has 2 amide bonds. The average Bonchev–Trinajstić information content (AvgIpc) is 3.40. The van der Waals surface area contributed by atoms with Gasteiger partial charge >= 0.3 is 0 Å². The lowest BCUT2D eigenvalue weighted by Crippen LogP contribution is -2.40. The van der Waals surface area contributed by atoms with Crippen molar-refractivity contribution in [2.45, 2.75) is 33.1 Å². The summed E-state index contributed by atoms with van der Waals surface area (Å²) in [7, 11) is 0. The molecule has 0 aliphatic heterocycles. The third-order valence-corrected chi connectivity index (χ3v) is 5.21. The topological polar surface area (TPSA) is 58.2 Å². The lowest BCUT2D eigenvalue weighted by Gasteiger charge is -2.16. The average molecular weight is 371 g/mol. The van der Waals surface area contributed by atoms with Crippen LogP contribution in [0.3, 0.4) is 0 Å². The number of carbonyl (C=O) groups is 2. The van der Waals surface area contributed by atoms with E-state index in [2.05, 4.69) is 10.6 Å². The molecule has 1 fully saturated rings. The van der Waals surface area contributed by atoms with Crippen LogP contribution in [0, 0.1) is 19.3 Å². The smallest absolute Gasteiger partial charge is 0.240 e. The quantitative estimate of drug-likeness (QED) is 0.754. The summed E-state index contributed by atoms with van der Waals surface area (Å²) in [5.74, 6) is -0.415. The molecule has 5 heteroatoms. The second-order valence-corrected chi connectivity index (χ2v) is 7.41. The molecule has 0 aromatic heterocycles. The van der Waals surface area contributed by atoms with Crippen LogP contribution in [-0.4, -0.2) is 18.4 Å². The molecule has 136 valence electrons. The zero-order valence-corrected chi connectivity index (χ0v) is 15.8. The molecular weight excluding hydrogens is 348 g/mol. The summed E-state index contributed by atoms with van der Waals surface area (Å²) in [6.45, 7) is 4.51. The highest BCUT2D eigenvalue weighted by molar-refractivity contribution is 6.30. The Morgan fingerprint density at radius 2 is 1.81 bits per heavy atom. The molecular formula is C21H23ClN2O2. The zero-order chi connectivity index (χ0) is 18.7. The Labute approximate surface area is 158 Å². The van der Waals surface area contributed by atoms with Gasteiger partial charge in [-0.25, -0.2) is 0 Å². The first-order valence-corrected chi connectivity index (χ1v) is 9.20. The van der Waals surface area contributed by atoms with Crippen LogP contribution >= 0.6 is 11.6 Å². The van der Waals surface area contributed by atoms with Crippen LogP contribution < -0.4 is 10.6 Å². The Bertz CT molecular complexity index is 844. The van der Waals surface area contributed by atoms with Crippen LogP contribution in [0.25, 0.3) is 0 Å². The van der Waals surface area contributed by atoms with E-state index in [1.165, 1.54) is 5.56 Å². The summed E-state index contributed by atoms with van der Waals surface area (Å²) in [6, 6.07) is 13.3. The Hall–Kier alpha value is -2.33. The van der Waals surface area contributed by atoms with Crippen LogP contribution in [0.2, 0.25) is 5.02 Å². The molecule has 1 aliphatic rings. The number of anilines is 1. The van der Waals surface area contributed by atoms with Gasteiger partial charge < -0.3 is 10.6 Å². The first kappa shape index (κ1) is 18.5. The molecule has 4 nitrogen and oxygen atoms in total. The normalized spacial score (nSPS) is 14.6. The predicted molar refractivity (Wildman–Crippen MR) is 104 cm³/mol. The van der Waals surface area contributed by atoms with Crippen molar-refractivity contribution in [3.05, 3.63) is 64.2 Å². The number of hydrogen-bond acceptors (Lipinski definition) is 2. The van der Waals surface area contributed by atoms with Crippen LogP contribution in [0.5, 0.6) is 0 Å². The molecule has 1 saturated carbocycles. The standard InChI is InChI=1S/C21H23ClN2O2/c1-14-6-7-18(12-15(14)2)24-20(26)21(9-10-21)19(25)23-11-8-16-4-3-5-17(22)13-16/h3-7,12-13H,8-11H2,1-2H3,(H,23,25)(H,24,26). The molecule has 0 atom stereocenters. The summed E-state index contributed by atoms with van der Waals surface area (Å²) in [5, 5.41) is 6.47. The van der Waals surface area contributed by atoms with Gasteiger partial charge in [0, 0.05) is 17.3 Å². The number of hydrogen-bond donors (Lipinski definition) is 2. The summed E-state index contributed by atoms with van der Waals surface area (Å²) in [6.07, 6.45) is 1.86. The lowest BCUT2D eigenvalue weighted by atomic mass is 10.0. The van der Waals surface area contributed by atoms with Crippen molar-refractivity contribution in [2.75, 3.05) is 11.9 Å². The van der Waals surface area contributed by atoms with E-state index >= 15 is 0 Å². The van der Waals surface area contributed by atoms with Crippen molar-refractivity contribution in [1.29, 1.82) is 0 Å². The molecule has 0 heterocycles. The van der Waals surface area contributed by atoms with Gasteiger partial charge in [0.25, 0.3) is 0 Å². The Morgan fingerprint density at radius 3 is 2.46 bits per heavy atom. The number of halogens is 1. The van der Waals surface area contributed by atoms with Gasteiger partial charge in [-0.05, 0) is 74.1 Å². The van der Waals surface area contributed by atoms with E-state index in [9.17, 15) is 9.59 Å². The summed E-state index contributed by atoms with van der Waals surface area (Å²) in [5.41, 5.74) is 3.15. The highest BCUT2D eigenvalue weighted by atomic mass is 35.5. The number of benzene rings is 2. The fourth-order valence-corrected chi connectivity index (χ4v) is 3.15. The molecule has 1 aliphatic carbocycles. The molecule has 2 aromatic carbocycles. The van der Waals surface area contributed by atoms with Crippen molar-refractivity contribution < 1.29 is 9.59 Å². The van der Waals surface area contributed by atoms with Crippen LogP contribution in [0.4, 0.5) is 5.69 Å². The first-order chi connectivity index (χ1) is 12.4. The molecule has 0 spiro atoms. The molecule has 2 aromatic rings. The number of aryl methyl sites for hydroxylation is 2. The maximum Gasteiger partial charge on any atom is 0.240 e. The van der Waals surface area contributed by atoms with Crippen LogP contribution in [0.15, 0.2) is 42.5 Å². The molecule has 2 N–H and O–H groups in total. The van der Waals surface area contributed by atoms with Crippen LogP contribution in [-0.2, 0) is 16.0 Å². The highest BCUT2D eigenvalue weighted by Gasteiger charge is 2.56. The fourth-order valence-electron chi connectivity index (χ4n) is 2.93. The zero-order valence-electron chi connectivity index (χ0n) is 15.1. The summed E-state index contributed by atoms with van der Waals surface area (Å²) in [4.78, 5) is 25.2. The van der Waals surface area contributed by atoms with E-state index in [1.54, 1.807) is 0 Å². The van der Waals surface area contributed by atoms with Crippen molar-refractivity contribution in [3.8, 4) is 0 Å². The molecule has 0 radical (unpaired) electrons. The minimum Gasteiger partial charge on any atom is -0.355 e. The maximum atomic E-state index is 12.6. The predicted octanol–water partition coefficient (Wildman–Crippen LogP) is 4.03. The molecule has 26 heavy (non-hydrogen) atoms. The molecule has 0 saturated heterocycles. The maximum absolute atomic E-state index is 12.6. The van der Waals surface area contributed by atoms with Crippen molar-refractivity contribution in [3.63, 3.8) is 0 Å². The summed E-state index contributed by atoms with van der Waals surface area (Å²) >= 11 is 5.97. The minimum absolute atomic E-state index is 0.194. The van der Waals surface area contributed by atoms with E-state index in [1.807, 2.05) is 56.3 Å². The third-order valence-electron chi connectivity index (χ3n) is 4.97. The van der Waals surface area contributed by atoms with Gasteiger partial charge in [0.15, 0.2) is 0 Å². The summed E-state index contributed by atoms with van der Waals surface area (Å²) < 4.78 is 0. The number of carbonyl (C=O) groups excluding carboxylic acids is 2. The monoisotopic (exact) mass is 370 g/mol. The second-order valence-electron chi connectivity index (χ2n) is 6.97. The van der Waals surface area contributed by atoms with Gasteiger partial charge in [0.2, 0.25) is 11.8 Å². The van der Waals surface area contributed by atoms with Gasteiger partial charge in [-0.2, -0.15) is 0 Å². The van der Waals surface area contributed by atoms with Crippen molar-refractivity contribution >= 4 is 29.1 Å². The van der Waals surface area contributed by atoms with E-state index < -0.39 is 5.41 Å². The number of rotatable bonds is 6. The third kappa shape index (κ3) is 4.07. The SMILES string of the molecule is Cc1ccc(NC(=O)C2(C(=O)NCCc3cccc(Cl)c3)CC2)cc1C. The van der Waals surface area contributed by atoms with Crippen LogP contribution in [0.1, 0.15) is 29.5 Å². The Balaban J connectivity index is 1.56. The van der Waals surface area contributed by atoms with Gasteiger partial charge in [-0.3, -0.25) is 9.59 Å². The molecule has 0 unspecified atom stereocenters. The van der Waals surface area contributed by atoms with Gasteiger partial charge in [0.05, 0.1) is 0 Å². The molecule has 0 bridgehead atoms. The van der Waals surface area contributed by atoms with Crippen molar-refractivity contribution in [2.24, 2.45) is 5.41 Å². The van der Waals surface area contributed by atoms with Gasteiger partial charge in [-0.15, -0.1) is 0 Å². The van der Waals surface area contributed by atoms with E-state index in [0.717, 1.165) is 16.8 Å². The first-order valence-electron chi connectivity index (χ1n) is 8.82. The highest BCUT2D eigenvalue weighted by Crippen LogP contribution is 2.46. The van der Waals surface area contributed by atoms with Gasteiger partial charge in [-0.1, -0.05) is 29.8 Å². The van der Waals surface area contributed by atoms with E-state index in [-0.39, 0.29) is 11.8 Å². The number of amides is 2.